The van der Waals surface area contributed by atoms with E-state index in [0.717, 1.165) is 35.5 Å². The molecule has 0 aliphatic carbocycles. The maximum atomic E-state index is 4.55. The highest BCUT2D eigenvalue weighted by Crippen LogP contribution is 2.11. The highest BCUT2D eigenvalue weighted by atomic mass is 79.9. The van der Waals surface area contributed by atoms with E-state index in [1.807, 2.05) is 24.4 Å². The van der Waals surface area contributed by atoms with E-state index in [9.17, 15) is 0 Å². The topological polar surface area (TPSA) is 42.7 Å². The molecular weight excluding hydrogens is 280 g/mol. The Balaban J connectivity index is 2.11. The smallest absolute Gasteiger partial charge is 0.153 e. The average Bonchev–Trinajstić information content (AvgIpc) is 2.77. The van der Waals surface area contributed by atoms with Crippen LogP contribution in [0.4, 0.5) is 0 Å². The van der Waals surface area contributed by atoms with Crippen LogP contribution < -0.4 is 5.32 Å². The Bertz CT molecular complexity index is 481. The summed E-state index contributed by atoms with van der Waals surface area (Å²) in [5.41, 5.74) is 1.03. The second-order valence-corrected chi connectivity index (χ2v) is 4.68. The monoisotopic (exact) mass is 294 g/mol. The third-order valence-electron chi connectivity index (χ3n) is 2.31. The van der Waals surface area contributed by atoms with Gasteiger partial charge in [0.05, 0.1) is 16.4 Å². The van der Waals surface area contributed by atoms with Gasteiger partial charge in [0.1, 0.15) is 0 Å². The van der Waals surface area contributed by atoms with Crippen LogP contribution in [-0.2, 0) is 6.54 Å². The van der Waals surface area contributed by atoms with E-state index in [-0.39, 0.29) is 0 Å². The molecule has 0 aliphatic rings. The molecule has 2 heterocycles. The molecule has 5 heteroatoms. The van der Waals surface area contributed by atoms with Crippen molar-refractivity contribution < 1.29 is 0 Å². The van der Waals surface area contributed by atoms with E-state index in [4.69, 9.17) is 0 Å². The van der Waals surface area contributed by atoms with Crippen LogP contribution in [0.3, 0.4) is 0 Å². The summed E-state index contributed by atoms with van der Waals surface area (Å²) in [5.74, 6) is 0.839. The van der Waals surface area contributed by atoms with Crippen LogP contribution in [0.25, 0.3) is 5.82 Å². The second-order valence-electron chi connectivity index (χ2n) is 3.77. The van der Waals surface area contributed by atoms with E-state index >= 15 is 0 Å². The number of nitrogens with one attached hydrogen (secondary N) is 1. The van der Waals surface area contributed by atoms with Crippen molar-refractivity contribution in [2.75, 3.05) is 6.54 Å². The maximum absolute atomic E-state index is 4.55. The van der Waals surface area contributed by atoms with E-state index in [2.05, 4.69) is 38.3 Å². The minimum Gasteiger partial charge on any atom is -0.311 e. The third kappa shape index (κ3) is 3.38. The minimum absolute atomic E-state index is 0.796. The first-order valence-electron chi connectivity index (χ1n) is 5.67. The first-order valence-corrected chi connectivity index (χ1v) is 6.46. The molecule has 4 nitrogen and oxygen atoms in total. The SMILES string of the molecule is CCCNCc1cccc(-n2cc(Br)cn2)n1. The van der Waals surface area contributed by atoms with Gasteiger partial charge in [-0.1, -0.05) is 13.0 Å². The lowest BCUT2D eigenvalue weighted by atomic mass is 10.3. The van der Waals surface area contributed by atoms with Gasteiger partial charge >= 0.3 is 0 Å². The van der Waals surface area contributed by atoms with Crippen LogP contribution >= 0.6 is 15.9 Å². The van der Waals surface area contributed by atoms with Crippen LogP contribution in [0.5, 0.6) is 0 Å². The molecule has 17 heavy (non-hydrogen) atoms. The van der Waals surface area contributed by atoms with Crippen molar-refractivity contribution >= 4 is 15.9 Å². The summed E-state index contributed by atoms with van der Waals surface area (Å²) >= 11 is 3.38. The molecule has 2 rings (SSSR count). The fraction of sp³-hybridized carbons (Fsp3) is 0.333. The van der Waals surface area contributed by atoms with Gasteiger partial charge in [0.25, 0.3) is 0 Å². The van der Waals surface area contributed by atoms with Crippen LogP contribution in [0.15, 0.2) is 35.1 Å². The molecule has 0 radical (unpaired) electrons. The Morgan fingerprint density at radius 2 is 2.29 bits per heavy atom. The summed E-state index contributed by atoms with van der Waals surface area (Å²) < 4.78 is 2.71. The summed E-state index contributed by atoms with van der Waals surface area (Å²) in [5, 5.41) is 7.54. The minimum atomic E-state index is 0.796. The van der Waals surface area contributed by atoms with Gasteiger partial charge in [-0.25, -0.2) is 9.67 Å². The molecule has 0 unspecified atom stereocenters. The Kier molecular flexibility index (Phi) is 4.28. The van der Waals surface area contributed by atoms with Crippen LogP contribution in [0.1, 0.15) is 19.0 Å². The molecule has 0 spiro atoms. The number of pyridine rings is 1. The fourth-order valence-corrected chi connectivity index (χ4v) is 1.80. The molecule has 0 fully saturated rings. The first kappa shape index (κ1) is 12.3. The highest BCUT2D eigenvalue weighted by molar-refractivity contribution is 9.10. The quantitative estimate of drug-likeness (QED) is 0.862. The molecule has 90 valence electrons. The molecule has 0 aliphatic heterocycles. The summed E-state index contributed by atoms with van der Waals surface area (Å²) in [7, 11) is 0. The molecule has 0 atom stereocenters. The van der Waals surface area contributed by atoms with Gasteiger partial charge in [0, 0.05) is 12.7 Å². The lowest BCUT2D eigenvalue weighted by Gasteiger charge is -2.05. The zero-order valence-corrected chi connectivity index (χ0v) is 11.3. The lowest BCUT2D eigenvalue weighted by molar-refractivity contribution is 0.661. The Hall–Kier alpha value is -1.20. The van der Waals surface area contributed by atoms with Crippen LogP contribution in [0.2, 0.25) is 0 Å². The Labute approximate surface area is 109 Å². The van der Waals surface area contributed by atoms with Gasteiger partial charge in [0.2, 0.25) is 0 Å². The van der Waals surface area contributed by atoms with E-state index in [1.54, 1.807) is 10.9 Å². The third-order valence-corrected chi connectivity index (χ3v) is 2.72. The van der Waals surface area contributed by atoms with Crippen molar-refractivity contribution in [1.29, 1.82) is 0 Å². The van der Waals surface area contributed by atoms with Crippen LogP contribution in [0, 0.1) is 0 Å². The van der Waals surface area contributed by atoms with Crippen molar-refractivity contribution in [3.63, 3.8) is 0 Å². The molecule has 0 saturated carbocycles. The Morgan fingerprint density at radius 3 is 3.00 bits per heavy atom. The van der Waals surface area contributed by atoms with Crippen molar-refractivity contribution in [3.8, 4) is 5.82 Å². The van der Waals surface area contributed by atoms with Crippen molar-refractivity contribution in [2.24, 2.45) is 0 Å². The zero-order chi connectivity index (χ0) is 12.1. The summed E-state index contributed by atoms with van der Waals surface area (Å²) in [6.45, 7) is 3.96. The molecular formula is C12H15BrN4. The summed E-state index contributed by atoms with van der Waals surface area (Å²) in [6, 6.07) is 5.97. The molecule has 2 aromatic rings. The predicted octanol–water partition coefficient (Wildman–Crippen LogP) is 2.53. The van der Waals surface area contributed by atoms with E-state index in [1.165, 1.54) is 0 Å². The van der Waals surface area contributed by atoms with Gasteiger partial charge in [-0.15, -0.1) is 0 Å². The number of halogens is 1. The fourth-order valence-electron chi connectivity index (χ4n) is 1.51. The van der Waals surface area contributed by atoms with Crippen LogP contribution in [-0.4, -0.2) is 21.3 Å². The molecule has 2 aromatic heterocycles. The van der Waals surface area contributed by atoms with E-state index in [0.29, 0.717) is 0 Å². The van der Waals surface area contributed by atoms with Gasteiger partial charge < -0.3 is 5.32 Å². The summed E-state index contributed by atoms with van der Waals surface area (Å²) in [4.78, 5) is 4.55. The predicted molar refractivity (Wildman–Crippen MR) is 71.1 cm³/mol. The summed E-state index contributed by atoms with van der Waals surface area (Å²) in [6.07, 6.45) is 4.78. The standard InChI is InChI=1S/C12H15BrN4/c1-2-6-14-8-11-4-3-5-12(16-11)17-9-10(13)7-15-17/h3-5,7,9,14H,2,6,8H2,1H3. The molecule has 0 aromatic carbocycles. The van der Waals surface area contributed by atoms with Crippen molar-refractivity contribution in [1.82, 2.24) is 20.1 Å². The zero-order valence-electron chi connectivity index (χ0n) is 9.73. The Morgan fingerprint density at radius 1 is 1.41 bits per heavy atom. The molecule has 1 N–H and O–H groups in total. The largest absolute Gasteiger partial charge is 0.311 e. The van der Waals surface area contributed by atoms with Crippen molar-refractivity contribution in [2.45, 2.75) is 19.9 Å². The van der Waals surface area contributed by atoms with Gasteiger partial charge in [0.15, 0.2) is 5.82 Å². The molecule has 0 saturated heterocycles. The number of hydrogen-bond donors (Lipinski definition) is 1. The molecule has 0 amide bonds. The number of nitrogens with zero attached hydrogens (tertiary/aromatic N) is 3. The van der Waals surface area contributed by atoms with E-state index < -0.39 is 0 Å². The van der Waals surface area contributed by atoms with Crippen molar-refractivity contribution in [3.05, 3.63) is 40.8 Å². The number of hydrogen-bond acceptors (Lipinski definition) is 3. The number of rotatable bonds is 5. The average molecular weight is 295 g/mol. The second kappa shape index (κ2) is 5.93. The first-order chi connectivity index (χ1) is 8.29. The molecule has 0 bridgehead atoms. The number of aromatic nitrogens is 3. The lowest BCUT2D eigenvalue weighted by Crippen LogP contribution is -2.15. The van der Waals surface area contributed by atoms with Gasteiger partial charge in [-0.05, 0) is 41.0 Å². The normalized spacial score (nSPS) is 10.7. The van der Waals surface area contributed by atoms with Gasteiger partial charge in [-0.3, -0.25) is 0 Å². The van der Waals surface area contributed by atoms with Gasteiger partial charge in [-0.2, -0.15) is 5.10 Å². The maximum Gasteiger partial charge on any atom is 0.153 e. The highest BCUT2D eigenvalue weighted by Gasteiger charge is 2.01.